The van der Waals surface area contributed by atoms with E-state index in [1.54, 1.807) is 0 Å². The average Bonchev–Trinajstić information content (AvgIpc) is 2.41. The Morgan fingerprint density at radius 2 is 1.40 bits per heavy atom. The fourth-order valence-corrected chi connectivity index (χ4v) is 3.41. The molecule has 0 aliphatic carbocycles. The van der Waals surface area contributed by atoms with E-state index in [4.69, 9.17) is 0 Å². The van der Waals surface area contributed by atoms with Crippen molar-refractivity contribution in [2.45, 2.75) is 46.1 Å². The Labute approximate surface area is 131 Å². The van der Waals surface area contributed by atoms with Gasteiger partial charge in [-0.1, -0.05) is 57.7 Å². The molecule has 1 atom stereocenters. The molecule has 0 saturated carbocycles. The molecule has 114 valence electrons. The summed E-state index contributed by atoms with van der Waals surface area (Å²) >= 11 is 0. The second kappa shape index (κ2) is 10.0. The fraction of sp³-hybridized carbons (Fsp3) is 0.556. The summed E-state index contributed by atoms with van der Waals surface area (Å²) in [6, 6.07) is 11.3. The lowest BCUT2D eigenvalue weighted by molar-refractivity contribution is -0.951. The lowest BCUT2D eigenvalue weighted by Gasteiger charge is -2.44. The molecule has 1 nitrogen and oxygen atoms in total. The van der Waals surface area contributed by atoms with Gasteiger partial charge in [-0.15, -0.1) is 0 Å². The highest BCUT2D eigenvalue weighted by atomic mass is 35.5. The van der Waals surface area contributed by atoms with E-state index in [0.29, 0.717) is 6.04 Å². The normalized spacial score (nSPS) is 12.6. The third-order valence-electron chi connectivity index (χ3n) is 3.96. The van der Waals surface area contributed by atoms with Gasteiger partial charge in [0, 0.05) is 5.56 Å². The first kappa shape index (κ1) is 19.2. The van der Waals surface area contributed by atoms with Crippen LogP contribution in [0.4, 0.5) is 0 Å². The molecule has 1 rings (SSSR count). The number of benzene rings is 1. The molecule has 1 aromatic rings. The number of nitrogens with zero attached hydrogens (tertiary/aromatic N) is 1. The summed E-state index contributed by atoms with van der Waals surface area (Å²) in [7, 11) is 0. The number of hydrogen-bond acceptors (Lipinski definition) is 0. The van der Waals surface area contributed by atoms with E-state index in [9.17, 15) is 0 Å². The second-order valence-electron chi connectivity index (χ2n) is 5.48. The van der Waals surface area contributed by atoms with Gasteiger partial charge < -0.3 is 16.9 Å². The van der Waals surface area contributed by atoms with Crippen LogP contribution in [0.2, 0.25) is 0 Å². The zero-order chi connectivity index (χ0) is 14.1. The van der Waals surface area contributed by atoms with Crippen LogP contribution in [0.15, 0.2) is 43.0 Å². The minimum absolute atomic E-state index is 0. The van der Waals surface area contributed by atoms with Crippen molar-refractivity contribution in [3.05, 3.63) is 48.6 Å². The molecule has 0 aliphatic heterocycles. The number of halogens is 1. The number of hydrogen-bond donors (Lipinski definition) is 0. The zero-order valence-electron chi connectivity index (χ0n) is 13.3. The first-order chi connectivity index (χ1) is 9.24. The Balaban J connectivity index is 0.00000361. The molecule has 0 radical (unpaired) electrons. The number of rotatable bonds is 9. The third kappa shape index (κ3) is 4.64. The molecule has 0 saturated heterocycles. The van der Waals surface area contributed by atoms with Gasteiger partial charge in [-0.25, -0.2) is 0 Å². The van der Waals surface area contributed by atoms with E-state index >= 15 is 0 Å². The molecule has 2 heteroatoms. The summed E-state index contributed by atoms with van der Waals surface area (Å²) in [4.78, 5) is 0. The summed E-state index contributed by atoms with van der Waals surface area (Å²) in [6.45, 7) is 14.7. The highest BCUT2D eigenvalue weighted by molar-refractivity contribution is 5.20. The Morgan fingerprint density at radius 1 is 0.950 bits per heavy atom. The topological polar surface area (TPSA) is 0 Å². The molecule has 0 spiro atoms. The average molecular weight is 296 g/mol. The van der Waals surface area contributed by atoms with Crippen molar-refractivity contribution < 1.29 is 16.9 Å². The fourth-order valence-electron chi connectivity index (χ4n) is 3.41. The largest absolute Gasteiger partial charge is 1.00 e. The molecule has 0 amide bonds. The van der Waals surface area contributed by atoms with Crippen LogP contribution in [-0.2, 0) is 0 Å². The van der Waals surface area contributed by atoms with Crippen molar-refractivity contribution in [2.75, 3.05) is 19.6 Å². The minimum atomic E-state index is 0. The van der Waals surface area contributed by atoms with Gasteiger partial charge in [0.1, 0.15) is 6.04 Å². The van der Waals surface area contributed by atoms with Gasteiger partial charge in [0.05, 0.1) is 19.6 Å². The van der Waals surface area contributed by atoms with Gasteiger partial charge in [0.15, 0.2) is 0 Å². The molecular weight excluding hydrogens is 266 g/mol. The maximum absolute atomic E-state index is 4.13. The molecular formula is C18H30ClN. The standard InChI is InChI=1S/C18H30N.ClH/c1-5-14-19(15-6-2,16-7-3)18(8-4)17-12-10-9-11-13-17;/h8-13,18H,4-7,14-16H2,1-3H3;1H/q+1;/p-1. The van der Waals surface area contributed by atoms with Crippen LogP contribution >= 0.6 is 0 Å². The van der Waals surface area contributed by atoms with Crippen LogP contribution in [0, 0.1) is 0 Å². The van der Waals surface area contributed by atoms with Gasteiger partial charge >= 0.3 is 0 Å². The first-order valence-corrected chi connectivity index (χ1v) is 7.77. The van der Waals surface area contributed by atoms with Gasteiger partial charge in [0.2, 0.25) is 0 Å². The van der Waals surface area contributed by atoms with Crippen molar-refractivity contribution in [1.29, 1.82) is 0 Å². The van der Waals surface area contributed by atoms with Crippen LogP contribution < -0.4 is 12.4 Å². The lowest BCUT2D eigenvalue weighted by Crippen LogP contribution is -3.00. The maximum Gasteiger partial charge on any atom is 0.133 e. The summed E-state index contributed by atoms with van der Waals surface area (Å²) < 4.78 is 1.16. The summed E-state index contributed by atoms with van der Waals surface area (Å²) in [5.41, 5.74) is 1.41. The summed E-state index contributed by atoms with van der Waals surface area (Å²) in [5.74, 6) is 0. The van der Waals surface area contributed by atoms with Gasteiger partial charge in [-0.05, 0) is 25.3 Å². The third-order valence-corrected chi connectivity index (χ3v) is 3.96. The van der Waals surface area contributed by atoms with E-state index in [1.165, 1.54) is 44.5 Å². The Kier molecular flexibility index (Phi) is 9.62. The van der Waals surface area contributed by atoms with E-state index in [1.807, 2.05) is 0 Å². The molecule has 1 unspecified atom stereocenters. The molecule has 0 bridgehead atoms. The second-order valence-corrected chi connectivity index (χ2v) is 5.48. The smallest absolute Gasteiger partial charge is 0.133 e. The zero-order valence-corrected chi connectivity index (χ0v) is 14.1. The molecule has 0 N–H and O–H groups in total. The predicted octanol–water partition coefficient (Wildman–Crippen LogP) is 1.96. The molecule has 0 fully saturated rings. The van der Waals surface area contributed by atoms with Crippen molar-refractivity contribution in [3.63, 3.8) is 0 Å². The lowest BCUT2D eigenvalue weighted by atomic mass is 10.0. The van der Waals surface area contributed by atoms with E-state index in [-0.39, 0.29) is 12.4 Å². The molecule has 1 aromatic carbocycles. The van der Waals surface area contributed by atoms with E-state index < -0.39 is 0 Å². The van der Waals surface area contributed by atoms with Gasteiger partial charge in [0.25, 0.3) is 0 Å². The van der Waals surface area contributed by atoms with Crippen LogP contribution in [0.1, 0.15) is 51.6 Å². The summed E-state index contributed by atoms with van der Waals surface area (Å²) in [6.07, 6.45) is 5.86. The Morgan fingerprint density at radius 3 is 1.75 bits per heavy atom. The van der Waals surface area contributed by atoms with Crippen LogP contribution in [0.25, 0.3) is 0 Å². The highest BCUT2D eigenvalue weighted by Gasteiger charge is 2.33. The number of quaternary nitrogens is 1. The highest BCUT2D eigenvalue weighted by Crippen LogP contribution is 2.31. The SMILES string of the molecule is C=CC(c1ccccc1)[N+](CCC)(CCC)CCC.[Cl-]. The Bertz CT molecular complexity index is 344. The van der Waals surface area contributed by atoms with Crippen LogP contribution in [0.5, 0.6) is 0 Å². The van der Waals surface area contributed by atoms with E-state index in [0.717, 1.165) is 4.48 Å². The van der Waals surface area contributed by atoms with E-state index in [2.05, 4.69) is 63.8 Å². The first-order valence-electron chi connectivity index (χ1n) is 7.77. The van der Waals surface area contributed by atoms with Crippen LogP contribution in [0.3, 0.4) is 0 Å². The van der Waals surface area contributed by atoms with Gasteiger partial charge in [-0.2, -0.15) is 0 Å². The minimum Gasteiger partial charge on any atom is -1.00 e. The molecule has 0 heterocycles. The maximum atomic E-state index is 4.13. The molecule has 20 heavy (non-hydrogen) atoms. The quantitative estimate of drug-likeness (QED) is 0.483. The van der Waals surface area contributed by atoms with Crippen molar-refractivity contribution in [1.82, 2.24) is 0 Å². The Hall–Kier alpha value is -0.790. The van der Waals surface area contributed by atoms with Crippen molar-refractivity contribution in [3.8, 4) is 0 Å². The summed E-state index contributed by atoms with van der Waals surface area (Å²) in [5, 5.41) is 0. The predicted molar refractivity (Wildman–Crippen MR) is 85.1 cm³/mol. The van der Waals surface area contributed by atoms with Crippen molar-refractivity contribution in [2.24, 2.45) is 0 Å². The monoisotopic (exact) mass is 295 g/mol. The van der Waals surface area contributed by atoms with Crippen molar-refractivity contribution >= 4 is 0 Å². The van der Waals surface area contributed by atoms with Crippen LogP contribution in [-0.4, -0.2) is 24.1 Å². The molecule has 0 aliphatic rings. The molecule has 0 aromatic heterocycles. The van der Waals surface area contributed by atoms with Gasteiger partial charge in [-0.3, -0.25) is 0 Å².